The van der Waals surface area contributed by atoms with Gasteiger partial charge in [-0.2, -0.15) is 0 Å². The number of hydrogen-bond donors (Lipinski definition) is 1. The van der Waals surface area contributed by atoms with Gasteiger partial charge in [-0.25, -0.2) is 0 Å². The lowest BCUT2D eigenvalue weighted by Crippen LogP contribution is -2.11. The van der Waals surface area contributed by atoms with E-state index in [1.54, 1.807) is 0 Å². The predicted molar refractivity (Wildman–Crippen MR) is 79.3 cm³/mol. The molecule has 0 aliphatic rings. The molecule has 0 spiro atoms. The zero-order chi connectivity index (χ0) is 13.0. The van der Waals surface area contributed by atoms with Crippen molar-refractivity contribution in [1.29, 1.82) is 0 Å². The standard InChI is InChI=1S/C15H15Cl2N/c1-2-18-10-11-3-8-14(15(17)9-11)12-4-6-13(16)7-5-12/h3-9,18H,2,10H2,1H3. The zero-order valence-electron chi connectivity index (χ0n) is 10.2. The molecule has 94 valence electrons. The van der Waals surface area contributed by atoms with Gasteiger partial charge in [0, 0.05) is 22.2 Å². The van der Waals surface area contributed by atoms with Gasteiger partial charge in [-0.15, -0.1) is 0 Å². The fourth-order valence-corrected chi connectivity index (χ4v) is 2.24. The highest BCUT2D eigenvalue weighted by molar-refractivity contribution is 6.33. The Hall–Kier alpha value is -1.02. The molecule has 18 heavy (non-hydrogen) atoms. The highest BCUT2D eigenvalue weighted by Crippen LogP contribution is 2.29. The van der Waals surface area contributed by atoms with Crippen LogP contribution < -0.4 is 5.32 Å². The van der Waals surface area contributed by atoms with Gasteiger partial charge in [0.25, 0.3) is 0 Å². The van der Waals surface area contributed by atoms with Crippen LogP contribution in [0.25, 0.3) is 11.1 Å². The minimum Gasteiger partial charge on any atom is -0.313 e. The van der Waals surface area contributed by atoms with Crippen LogP contribution in [0.4, 0.5) is 0 Å². The van der Waals surface area contributed by atoms with E-state index in [1.807, 2.05) is 30.3 Å². The normalized spacial score (nSPS) is 10.6. The average molecular weight is 280 g/mol. The van der Waals surface area contributed by atoms with Crippen molar-refractivity contribution in [3.8, 4) is 11.1 Å². The largest absolute Gasteiger partial charge is 0.313 e. The second-order valence-corrected chi connectivity index (χ2v) is 4.95. The second-order valence-electron chi connectivity index (χ2n) is 4.10. The summed E-state index contributed by atoms with van der Waals surface area (Å²) < 4.78 is 0. The number of halogens is 2. The van der Waals surface area contributed by atoms with Crippen molar-refractivity contribution in [2.75, 3.05) is 6.54 Å². The van der Waals surface area contributed by atoms with Crippen molar-refractivity contribution in [1.82, 2.24) is 5.32 Å². The van der Waals surface area contributed by atoms with Crippen molar-refractivity contribution < 1.29 is 0 Å². The Balaban J connectivity index is 2.26. The number of nitrogens with one attached hydrogen (secondary N) is 1. The highest BCUT2D eigenvalue weighted by atomic mass is 35.5. The first kappa shape index (κ1) is 13.4. The summed E-state index contributed by atoms with van der Waals surface area (Å²) in [5.74, 6) is 0. The molecule has 0 bridgehead atoms. The topological polar surface area (TPSA) is 12.0 Å². The van der Waals surface area contributed by atoms with E-state index in [1.165, 1.54) is 5.56 Å². The Bertz CT molecular complexity index is 521. The van der Waals surface area contributed by atoms with Crippen LogP contribution in [0.1, 0.15) is 12.5 Å². The summed E-state index contributed by atoms with van der Waals surface area (Å²) >= 11 is 12.2. The van der Waals surface area contributed by atoms with Gasteiger partial charge in [-0.05, 0) is 35.9 Å². The summed E-state index contributed by atoms with van der Waals surface area (Å²) in [4.78, 5) is 0. The maximum absolute atomic E-state index is 6.32. The molecule has 0 saturated carbocycles. The lowest BCUT2D eigenvalue weighted by atomic mass is 10.0. The van der Waals surface area contributed by atoms with Gasteiger partial charge in [-0.1, -0.05) is 54.4 Å². The Kier molecular flexibility index (Phi) is 4.65. The molecule has 0 fully saturated rings. The van der Waals surface area contributed by atoms with Crippen LogP contribution >= 0.6 is 23.2 Å². The van der Waals surface area contributed by atoms with Crippen LogP contribution in [0.5, 0.6) is 0 Å². The molecule has 0 saturated heterocycles. The molecule has 0 heterocycles. The summed E-state index contributed by atoms with van der Waals surface area (Å²) in [6, 6.07) is 13.9. The highest BCUT2D eigenvalue weighted by Gasteiger charge is 2.04. The van der Waals surface area contributed by atoms with Gasteiger partial charge in [0.1, 0.15) is 0 Å². The van der Waals surface area contributed by atoms with Gasteiger partial charge in [-0.3, -0.25) is 0 Å². The van der Waals surface area contributed by atoms with Crippen molar-refractivity contribution in [3.63, 3.8) is 0 Å². The van der Waals surface area contributed by atoms with E-state index < -0.39 is 0 Å². The maximum atomic E-state index is 6.32. The SMILES string of the molecule is CCNCc1ccc(-c2ccc(Cl)cc2)c(Cl)c1. The van der Waals surface area contributed by atoms with E-state index in [0.717, 1.165) is 34.3 Å². The fourth-order valence-electron chi connectivity index (χ4n) is 1.80. The lowest BCUT2D eigenvalue weighted by molar-refractivity contribution is 0.727. The molecular formula is C15H15Cl2N. The molecule has 2 aromatic carbocycles. The van der Waals surface area contributed by atoms with Crippen LogP contribution in [-0.4, -0.2) is 6.54 Å². The maximum Gasteiger partial charge on any atom is 0.0487 e. The van der Waals surface area contributed by atoms with Crippen LogP contribution in [0.15, 0.2) is 42.5 Å². The summed E-state index contributed by atoms with van der Waals surface area (Å²) in [7, 11) is 0. The molecule has 1 N–H and O–H groups in total. The molecule has 1 nitrogen and oxygen atoms in total. The average Bonchev–Trinajstić information content (AvgIpc) is 2.38. The molecule has 0 atom stereocenters. The van der Waals surface area contributed by atoms with Crippen LogP contribution in [0.3, 0.4) is 0 Å². The first-order valence-corrected chi connectivity index (χ1v) is 6.71. The van der Waals surface area contributed by atoms with E-state index in [4.69, 9.17) is 23.2 Å². The van der Waals surface area contributed by atoms with E-state index in [-0.39, 0.29) is 0 Å². The molecule has 2 rings (SSSR count). The first-order valence-electron chi connectivity index (χ1n) is 5.96. The van der Waals surface area contributed by atoms with E-state index >= 15 is 0 Å². The molecule has 2 aromatic rings. The second kappa shape index (κ2) is 6.24. The summed E-state index contributed by atoms with van der Waals surface area (Å²) in [6.45, 7) is 3.89. The Labute approximate surface area is 118 Å². The van der Waals surface area contributed by atoms with Gasteiger partial charge in [0.05, 0.1) is 0 Å². The van der Waals surface area contributed by atoms with Gasteiger partial charge < -0.3 is 5.32 Å². The quantitative estimate of drug-likeness (QED) is 0.850. The van der Waals surface area contributed by atoms with E-state index in [0.29, 0.717) is 0 Å². The van der Waals surface area contributed by atoms with Crippen LogP contribution in [0.2, 0.25) is 10.0 Å². The summed E-state index contributed by atoms with van der Waals surface area (Å²) in [5.41, 5.74) is 3.31. The smallest absolute Gasteiger partial charge is 0.0487 e. The van der Waals surface area contributed by atoms with Crippen molar-refractivity contribution in [2.24, 2.45) is 0 Å². The number of benzene rings is 2. The van der Waals surface area contributed by atoms with Gasteiger partial charge in [0.2, 0.25) is 0 Å². The van der Waals surface area contributed by atoms with Crippen LogP contribution in [-0.2, 0) is 6.54 Å². The molecule has 3 heteroatoms. The number of rotatable bonds is 4. The molecule has 0 unspecified atom stereocenters. The third-order valence-corrected chi connectivity index (χ3v) is 3.33. The van der Waals surface area contributed by atoms with Crippen LogP contribution in [0, 0.1) is 0 Å². The monoisotopic (exact) mass is 279 g/mol. The number of hydrogen-bond acceptors (Lipinski definition) is 1. The van der Waals surface area contributed by atoms with E-state index in [2.05, 4.69) is 24.4 Å². The fraction of sp³-hybridized carbons (Fsp3) is 0.200. The van der Waals surface area contributed by atoms with Crippen molar-refractivity contribution in [2.45, 2.75) is 13.5 Å². The predicted octanol–water partition coefficient (Wildman–Crippen LogP) is 4.77. The minimum atomic E-state index is 0.735. The van der Waals surface area contributed by atoms with Gasteiger partial charge >= 0.3 is 0 Å². The zero-order valence-corrected chi connectivity index (χ0v) is 11.7. The Morgan fingerprint density at radius 2 is 1.72 bits per heavy atom. The third kappa shape index (κ3) is 3.26. The van der Waals surface area contributed by atoms with Crippen molar-refractivity contribution in [3.05, 3.63) is 58.1 Å². The Morgan fingerprint density at radius 3 is 2.33 bits per heavy atom. The summed E-state index contributed by atoms with van der Waals surface area (Å²) in [5, 5.41) is 4.79. The van der Waals surface area contributed by atoms with Crippen molar-refractivity contribution >= 4 is 23.2 Å². The van der Waals surface area contributed by atoms with E-state index in [9.17, 15) is 0 Å². The third-order valence-electron chi connectivity index (χ3n) is 2.77. The summed E-state index contributed by atoms with van der Waals surface area (Å²) in [6.07, 6.45) is 0. The minimum absolute atomic E-state index is 0.735. The molecule has 0 aliphatic heterocycles. The molecule has 0 aliphatic carbocycles. The lowest BCUT2D eigenvalue weighted by Gasteiger charge is -2.08. The molecule has 0 amide bonds. The molecular weight excluding hydrogens is 265 g/mol. The molecule has 0 aromatic heterocycles. The first-order chi connectivity index (χ1) is 8.70. The Morgan fingerprint density at radius 1 is 1.00 bits per heavy atom. The molecule has 0 radical (unpaired) electrons. The van der Waals surface area contributed by atoms with Gasteiger partial charge in [0.15, 0.2) is 0 Å².